The minimum absolute atomic E-state index is 0.0165. The lowest BCUT2D eigenvalue weighted by Crippen LogP contribution is -2.48. The van der Waals surface area contributed by atoms with Crippen molar-refractivity contribution in [1.82, 2.24) is 5.32 Å². The van der Waals surface area contributed by atoms with Crippen LogP contribution < -0.4 is 10.6 Å². The topological polar surface area (TPSA) is 113 Å². The molecule has 0 aliphatic heterocycles. The number of amides is 2. The molecule has 0 spiro atoms. The van der Waals surface area contributed by atoms with Crippen LogP contribution in [0.2, 0.25) is 10.0 Å². The van der Waals surface area contributed by atoms with Gasteiger partial charge in [0.1, 0.15) is 11.8 Å². The molecule has 186 valence electrons. The van der Waals surface area contributed by atoms with E-state index >= 15 is 0 Å². The van der Waals surface area contributed by atoms with E-state index in [1.54, 1.807) is 42.5 Å². The summed E-state index contributed by atoms with van der Waals surface area (Å²) in [7, 11) is 0. The fourth-order valence-electron chi connectivity index (χ4n) is 4.44. The Kier molecular flexibility index (Phi) is 8.92. The van der Waals surface area contributed by atoms with Gasteiger partial charge in [0.05, 0.1) is 15.6 Å². The van der Waals surface area contributed by atoms with Crippen molar-refractivity contribution in [2.75, 3.05) is 5.32 Å². The van der Waals surface area contributed by atoms with Crippen LogP contribution in [-0.2, 0) is 20.8 Å². The average Bonchev–Trinajstić information content (AvgIpc) is 3.28. The number of hydrogen-bond acceptors (Lipinski definition) is 4. The number of hydrogen-bond donors (Lipinski definition) is 3. The molecule has 3 rings (SSSR count). The highest BCUT2D eigenvalue weighted by Crippen LogP contribution is 2.42. The number of Topliss-reactive ketones (excluding diaryl/α,β-unsaturated/α-hetero) is 1. The Morgan fingerprint density at radius 1 is 1.00 bits per heavy atom. The molecule has 2 aromatic rings. The van der Waals surface area contributed by atoms with Crippen LogP contribution in [0, 0.1) is 5.41 Å². The molecule has 0 heterocycles. The molecule has 0 saturated heterocycles. The number of halogens is 2. The van der Waals surface area contributed by atoms with Crippen LogP contribution in [0.25, 0.3) is 0 Å². The van der Waals surface area contributed by atoms with Crippen molar-refractivity contribution in [3.05, 3.63) is 63.6 Å². The van der Waals surface area contributed by atoms with Crippen molar-refractivity contribution in [3.63, 3.8) is 0 Å². The number of aliphatic carboxylic acids is 1. The minimum Gasteiger partial charge on any atom is -0.480 e. The highest BCUT2D eigenvalue weighted by atomic mass is 35.5. The van der Waals surface area contributed by atoms with Gasteiger partial charge in [0.25, 0.3) is 5.91 Å². The molecule has 0 unspecified atom stereocenters. The largest absolute Gasteiger partial charge is 0.480 e. The van der Waals surface area contributed by atoms with E-state index < -0.39 is 23.3 Å². The third-order valence-electron chi connectivity index (χ3n) is 6.44. The normalized spacial score (nSPS) is 15.3. The van der Waals surface area contributed by atoms with Gasteiger partial charge < -0.3 is 20.5 Å². The Hall–Kier alpha value is -2.90. The Morgan fingerprint density at radius 3 is 2.14 bits per heavy atom. The van der Waals surface area contributed by atoms with Gasteiger partial charge in [-0.15, -0.1) is 0 Å². The van der Waals surface area contributed by atoms with Gasteiger partial charge in [-0.2, -0.15) is 0 Å². The fourth-order valence-corrected chi connectivity index (χ4v) is 5.01. The highest BCUT2D eigenvalue weighted by Gasteiger charge is 2.42. The molecule has 1 aliphatic carbocycles. The van der Waals surface area contributed by atoms with Gasteiger partial charge in [-0.05, 0) is 56.0 Å². The van der Waals surface area contributed by atoms with E-state index in [2.05, 4.69) is 10.6 Å². The van der Waals surface area contributed by atoms with Gasteiger partial charge in [0, 0.05) is 23.9 Å². The van der Waals surface area contributed by atoms with Gasteiger partial charge in [0.2, 0.25) is 5.91 Å². The summed E-state index contributed by atoms with van der Waals surface area (Å²) in [6.07, 6.45) is 3.90. The zero-order chi connectivity index (χ0) is 25.6. The van der Waals surface area contributed by atoms with Crippen LogP contribution in [0.1, 0.15) is 61.4 Å². The first-order valence-corrected chi connectivity index (χ1v) is 12.2. The van der Waals surface area contributed by atoms with Gasteiger partial charge in [-0.3, -0.25) is 9.59 Å². The molecule has 1 fully saturated rings. The quantitative estimate of drug-likeness (QED) is 0.395. The molecule has 1 atom stereocenters. The van der Waals surface area contributed by atoms with Crippen molar-refractivity contribution in [3.8, 4) is 0 Å². The van der Waals surface area contributed by atoms with Gasteiger partial charge in [0.15, 0.2) is 0 Å². The van der Waals surface area contributed by atoms with Crippen molar-refractivity contribution in [2.45, 2.75) is 57.9 Å². The third-order valence-corrected chi connectivity index (χ3v) is 7.07. The average molecular weight is 519 g/mol. The number of rotatable bonds is 10. The summed E-state index contributed by atoms with van der Waals surface area (Å²) in [5, 5.41) is 15.6. The summed E-state index contributed by atoms with van der Waals surface area (Å²) in [6.45, 7) is 1.50. The lowest BCUT2D eigenvalue weighted by Gasteiger charge is -2.29. The van der Waals surface area contributed by atoms with Crippen LogP contribution in [0.3, 0.4) is 0 Å². The second kappa shape index (κ2) is 11.7. The SMILES string of the molecule is CC(=O)CCC1(C(=O)N[C@@H](Cc2ccc(NC(=O)c3c(Cl)cccc3Cl)cc2)C(=O)O)CCCC1. The van der Waals surface area contributed by atoms with E-state index in [1.165, 1.54) is 6.92 Å². The van der Waals surface area contributed by atoms with Crippen LogP contribution in [0.15, 0.2) is 42.5 Å². The Labute approximate surface area is 214 Å². The zero-order valence-electron chi connectivity index (χ0n) is 19.4. The highest BCUT2D eigenvalue weighted by molar-refractivity contribution is 6.40. The van der Waals surface area contributed by atoms with Crippen molar-refractivity contribution < 1.29 is 24.3 Å². The molecular formula is C26H28Cl2N2O5. The standard InChI is InChI=1S/C26H28Cl2N2O5/c1-16(31)11-14-26(12-2-3-13-26)25(35)30-21(24(33)34)15-17-7-9-18(10-8-17)29-23(32)22-19(27)5-4-6-20(22)28/h4-10,21H,2-3,11-15H2,1H3,(H,29,32)(H,30,35)(H,33,34)/t21-/m0/s1. The van der Waals surface area contributed by atoms with Crippen molar-refractivity contribution >= 4 is 52.5 Å². The Balaban J connectivity index is 1.66. The summed E-state index contributed by atoms with van der Waals surface area (Å²) >= 11 is 12.2. The van der Waals surface area contributed by atoms with Crippen LogP contribution >= 0.6 is 23.2 Å². The van der Waals surface area contributed by atoms with E-state index in [0.717, 1.165) is 12.8 Å². The van der Waals surface area contributed by atoms with Gasteiger partial charge in [-0.25, -0.2) is 4.79 Å². The number of ketones is 1. The number of carboxylic acids is 1. The molecule has 3 N–H and O–H groups in total. The molecule has 9 heteroatoms. The van der Waals surface area contributed by atoms with Gasteiger partial charge >= 0.3 is 5.97 Å². The van der Waals surface area contributed by atoms with E-state index in [-0.39, 0.29) is 33.7 Å². The second-order valence-corrected chi connectivity index (χ2v) is 9.82. The minimum atomic E-state index is -1.14. The maximum atomic E-state index is 13.1. The van der Waals surface area contributed by atoms with Crippen LogP contribution in [0.4, 0.5) is 5.69 Å². The van der Waals surface area contributed by atoms with E-state index in [4.69, 9.17) is 23.2 Å². The molecule has 7 nitrogen and oxygen atoms in total. The summed E-state index contributed by atoms with van der Waals surface area (Å²) in [5.41, 5.74) is 0.641. The molecule has 35 heavy (non-hydrogen) atoms. The lowest BCUT2D eigenvalue weighted by molar-refractivity contribution is -0.144. The van der Waals surface area contributed by atoms with Crippen LogP contribution in [0.5, 0.6) is 0 Å². The summed E-state index contributed by atoms with van der Waals surface area (Å²) in [6, 6.07) is 10.3. The molecule has 0 radical (unpaired) electrons. The van der Waals surface area contributed by atoms with Crippen molar-refractivity contribution in [2.24, 2.45) is 5.41 Å². The van der Waals surface area contributed by atoms with E-state index in [1.807, 2.05) is 0 Å². The Morgan fingerprint density at radius 2 is 1.60 bits per heavy atom. The van der Waals surface area contributed by atoms with Crippen LogP contribution in [-0.4, -0.2) is 34.7 Å². The number of carbonyl (C=O) groups is 4. The number of carbonyl (C=O) groups excluding carboxylic acids is 3. The number of anilines is 1. The fraction of sp³-hybridized carbons (Fsp3) is 0.385. The van der Waals surface area contributed by atoms with Gasteiger partial charge in [-0.1, -0.05) is 54.2 Å². The third kappa shape index (κ3) is 6.83. The summed E-state index contributed by atoms with van der Waals surface area (Å²) < 4.78 is 0. The molecule has 1 saturated carbocycles. The van der Waals surface area contributed by atoms with E-state index in [9.17, 15) is 24.3 Å². The van der Waals surface area contributed by atoms with E-state index in [0.29, 0.717) is 36.9 Å². The first-order valence-electron chi connectivity index (χ1n) is 11.5. The first-order chi connectivity index (χ1) is 16.6. The molecule has 0 bridgehead atoms. The maximum Gasteiger partial charge on any atom is 0.326 e. The molecule has 2 aromatic carbocycles. The number of carboxylic acid groups (broad SMARTS) is 1. The number of benzene rings is 2. The first kappa shape index (κ1) is 26.7. The maximum absolute atomic E-state index is 13.1. The molecule has 1 aliphatic rings. The predicted octanol–water partition coefficient (Wildman–Crippen LogP) is 5.29. The monoisotopic (exact) mass is 518 g/mol. The second-order valence-electron chi connectivity index (χ2n) is 9.01. The molecular weight excluding hydrogens is 491 g/mol. The lowest BCUT2D eigenvalue weighted by atomic mass is 9.79. The Bertz CT molecular complexity index is 1090. The number of nitrogens with one attached hydrogen (secondary N) is 2. The summed E-state index contributed by atoms with van der Waals surface area (Å²) in [4.78, 5) is 49.0. The smallest absolute Gasteiger partial charge is 0.326 e. The molecule has 0 aromatic heterocycles. The molecule has 2 amide bonds. The predicted molar refractivity (Wildman–Crippen MR) is 135 cm³/mol. The van der Waals surface area contributed by atoms with Crippen molar-refractivity contribution in [1.29, 1.82) is 0 Å². The summed E-state index contributed by atoms with van der Waals surface area (Å²) in [5.74, 6) is -1.88. The zero-order valence-corrected chi connectivity index (χ0v) is 20.9.